The van der Waals surface area contributed by atoms with E-state index < -0.39 is 0 Å². The van der Waals surface area contributed by atoms with Crippen molar-refractivity contribution >= 4 is 23.0 Å². The summed E-state index contributed by atoms with van der Waals surface area (Å²) < 4.78 is 0. The Morgan fingerprint density at radius 2 is 1.95 bits per heavy atom. The Bertz CT molecular complexity index is 737. The molecule has 0 saturated carbocycles. The molecule has 3 rings (SSSR count). The molecule has 0 bridgehead atoms. The number of phenolic OH excluding ortho intramolecular Hbond substituents is 1. The van der Waals surface area contributed by atoms with Crippen molar-refractivity contribution in [2.75, 3.05) is 11.4 Å². The first-order chi connectivity index (χ1) is 10.7. The van der Waals surface area contributed by atoms with Crippen LogP contribution in [-0.2, 0) is 4.79 Å². The lowest BCUT2D eigenvalue weighted by Gasteiger charge is -2.15. The number of phenols is 1. The van der Waals surface area contributed by atoms with Gasteiger partial charge in [0.05, 0.1) is 11.4 Å². The van der Waals surface area contributed by atoms with Crippen LogP contribution in [-0.4, -0.2) is 23.3 Å². The van der Waals surface area contributed by atoms with Crippen LogP contribution in [0.2, 0.25) is 0 Å². The van der Waals surface area contributed by atoms with Crippen molar-refractivity contribution in [3.05, 3.63) is 54.1 Å². The molecule has 2 aromatic rings. The second-order valence-corrected chi connectivity index (χ2v) is 5.31. The summed E-state index contributed by atoms with van der Waals surface area (Å²) >= 11 is 0. The second-order valence-electron chi connectivity index (χ2n) is 5.31. The van der Waals surface area contributed by atoms with E-state index in [1.165, 1.54) is 0 Å². The van der Waals surface area contributed by atoms with Crippen molar-refractivity contribution in [1.29, 1.82) is 0 Å². The molecule has 0 atom stereocenters. The predicted molar refractivity (Wildman–Crippen MR) is 88.0 cm³/mol. The quantitative estimate of drug-likeness (QED) is 0.935. The molecule has 1 aliphatic heterocycles. The molecule has 0 unspecified atom stereocenters. The third-order valence-corrected chi connectivity index (χ3v) is 3.70. The molecule has 4 heteroatoms. The van der Waals surface area contributed by atoms with E-state index in [1.807, 2.05) is 24.3 Å². The van der Waals surface area contributed by atoms with Crippen LogP contribution in [0.4, 0.5) is 11.4 Å². The smallest absolute Gasteiger partial charge is 0.277 e. The summed E-state index contributed by atoms with van der Waals surface area (Å²) in [5, 5.41) is 9.55. The number of amides is 1. The Balaban J connectivity index is 2.03. The van der Waals surface area contributed by atoms with Crippen LogP contribution in [0.1, 0.15) is 25.3 Å². The van der Waals surface area contributed by atoms with Gasteiger partial charge in [-0.1, -0.05) is 37.6 Å². The highest BCUT2D eigenvalue weighted by Gasteiger charge is 2.33. The Morgan fingerprint density at radius 1 is 1.14 bits per heavy atom. The van der Waals surface area contributed by atoms with Gasteiger partial charge in [-0.3, -0.25) is 4.79 Å². The maximum absolute atomic E-state index is 12.7. The molecule has 1 N–H and O–H groups in total. The van der Waals surface area contributed by atoms with Crippen LogP contribution >= 0.6 is 0 Å². The fourth-order valence-corrected chi connectivity index (χ4v) is 2.60. The number of fused-ring (bicyclic) bond motifs is 1. The summed E-state index contributed by atoms with van der Waals surface area (Å²) in [6.45, 7) is 2.81. The first-order valence-corrected chi connectivity index (χ1v) is 7.49. The number of para-hydroxylation sites is 1. The lowest BCUT2D eigenvalue weighted by Crippen LogP contribution is -2.30. The SMILES string of the molecule is CCCCN1C(=O)C(=Nc2cccc(O)c2)c2ccccc21. The first-order valence-electron chi connectivity index (χ1n) is 7.49. The van der Waals surface area contributed by atoms with Gasteiger partial charge in [0, 0.05) is 18.2 Å². The standard InChI is InChI=1S/C18H18N2O2/c1-2-3-11-20-16-10-5-4-9-15(16)17(18(20)22)19-13-7-6-8-14(21)12-13/h4-10,12,21H,2-3,11H2,1H3. The van der Waals surface area contributed by atoms with E-state index in [0.29, 0.717) is 17.9 Å². The van der Waals surface area contributed by atoms with Crippen molar-refractivity contribution in [2.45, 2.75) is 19.8 Å². The van der Waals surface area contributed by atoms with Crippen LogP contribution < -0.4 is 4.90 Å². The molecule has 0 aromatic heterocycles. The van der Waals surface area contributed by atoms with Gasteiger partial charge in [0.25, 0.3) is 5.91 Å². The van der Waals surface area contributed by atoms with Gasteiger partial charge in [-0.25, -0.2) is 4.99 Å². The zero-order valence-electron chi connectivity index (χ0n) is 12.5. The van der Waals surface area contributed by atoms with E-state index in [2.05, 4.69) is 11.9 Å². The van der Waals surface area contributed by atoms with Gasteiger partial charge in [-0.15, -0.1) is 0 Å². The highest BCUT2D eigenvalue weighted by molar-refractivity contribution is 6.54. The number of unbranched alkanes of at least 4 members (excludes halogenated alkanes) is 1. The first kappa shape index (κ1) is 14.3. The number of nitrogens with zero attached hydrogens (tertiary/aromatic N) is 2. The Kier molecular flexibility index (Phi) is 3.92. The lowest BCUT2D eigenvalue weighted by atomic mass is 10.1. The number of aliphatic imine (C=N–C) groups is 1. The zero-order chi connectivity index (χ0) is 15.5. The Hall–Kier alpha value is -2.62. The van der Waals surface area contributed by atoms with Crippen molar-refractivity contribution in [3.8, 4) is 5.75 Å². The highest BCUT2D eigenvalue weighted by atomic mass is 16.3. The van der Waals surface area contributed by atoms with E-state index in [0.717, 1.165) is 24.1 Å². The molecule has 0 spiro atoms. The minimum atomic E-state index is -0.0713. The normalized spacial score (nSPS) is 15.4. The molecular formula is C18H18N2O2. The number of hydrogen-bond donors (Lipinski definition) is 1. The van der Waals surface area contributed by atoms with Crippen LogP contribution in [0.15, 0.2) is 53.5 Å². The summed E-state index contributed by atoms with van der Waals surface area (Å²) in [6, 6.07) is 14.3. The molecule has 2 aromatic carbocycles. The molecule has 0 fully saturated rings. The van der Waals surface area contributed by atoms with Crippen LogP contribution in [0.3, 0.4) is 0 Å². The minimum absolute atomic E-state index is 0.0713. The second kappa shape index (κ2) is 6.02. The molecule has 112 valence electrons. The van der Waals surface area contributed by atoms with Gasteiger partial charge in [0.2, 0.25) is 0 Å². The molecule has 0 saturated heterocycles. The number of rotatable bonds is 4. The summed E-state index contributed by atoms with van der Waals surface area (Å²) in [5.41, 5.74) is 2.79. The summed E-state index contributed by atoms with van der Waals surface area (Å²) in [6.07, 6.45) is 1.99. The molecule has 1 amide bonds. The number of anilines is 1. The van der Waals surface area contributed by atoms with Gasteiger partial charge < -0.3 is 10.0 Å². The van der Waals surface area contributed by atoms with E-state index in [9.17, 15) is 9.90 Å². The molecule has 1 heterocycles. The van der Waals surface area contributed by atoms with Gasteiger partial charge in [-0.05, 0) is 24.6 Å². The molecule has 22 heavy (non-hydrogen) atoms. The summed E-state index contributed by atoms with van der Waals surface area (Å²) in [4.78, 5) is 18.9. The highest BCUT2D eigenvalue weighted by Crippen LogP contribution is 2.31. The van der Waals surface area contributed by atoms with E-state index in [1.54, 1.807) is 29.2 Å². The van der Waals surface area contributed by atoms with Gasteiger partial charge >= 0.3 is 0 Å². The number of aromatic hydroxyl groups is 1. The van der Waals surface area contributed by atoms with Crippen LogP contribution in [0.25, 0.3) is 0 Å². The number of carbonyl (C=O) groups excluding carboxylic acids is 1. The van der Waals surface area contributed by atoms with E-state index >= 15 is 0 Å². The van der Waals surface area contributed by atoms with Crippen LogP contribution in [0.5, 0.6) is 5.75 Å². The molecule has 0 radical (unpaired) electrons. The summed E-state index contributed by atoms with van der Waals surface area (Å²) in [5.74, 6) is 0.0708. The number of carbonyl (C=O) groups is 1. The van der Waals surface area contributed by atoms with Crippen molar-refractivity contribution in [2.24, 2.45) is 4.99 Å². The topological polar surface area (TPSA) is 52.9 Å². The molecule has 1 aliphatic rings. The zero-order valence-corrected chi connectivity index (χ0v) is 12.5. The van der Waals surface area contributed by atoms with Crippen LogP contribution in [0, 0.1) is 0 Å². The molecular weight excluding hydrogens is 276 g/mol. The Labute approximate surface area is 129 Å². The fourth-order valence-electron chi connectivity index (χ4n) is 2.60. The third-order valence-electron chi connectivity index (χ3n) is 3.70. The average Bonchev–Trinajstić information content (AvgIpc) is 2.78. The van der Waals surface area contributed by atoms with Crippen molar-refractivity contribution in [1.82, 2.24) is 0 Å². The van der Waals surface area contributed by atoms with Crippen molar-refractivity contribution in [3.63, 3.8) is 0 Å². The third kappa shape index (κ3) is 2.60. The monoisotopic (exact) mass is 294 g/mol. The molecule has 4 nitrogen and oxygen atoms in total. The van der Waals surface area contributed by atoms with Gasteiger partial charge in [0.1, 0.15) is 11.5 Å². The average molecular weight is 294 g/mol. The number of hydrogen-bond acceptors (Lipinski definition) is 3. The lowest BCUT2D eigenvalue weighted by molar-refractivity contribution is -0.112. The maximum Gasteiger partial charge on any atom is 0.277 e. The minimum Gasteiger partial charge on any atom is -0.508 e. The Morgan fingerprint density at radius 3 is 2.73 bits per heavy atom. The van der Waals surface area contributed by atoms with Gasteiger partial charge in [-0.2, -0.15) is 0 Å². The molecule has 0 aliphatic carbocycles. The van der Waals surface area contributed by atoms with Crippen molar-refractivity contribution < 1.29 is 9.90 Å². The maximum atomic E-state index is 12.7. The van der Waals surface area contributed by atoms with E-state index in [-0.39, 0.29) is 11.7 Å². The largest absolute Gasteiger partial charge is 0.508 e. The fraction of sp³-hybridized carbons (Fsp3) is 0.222. The number of benzene rings is 2. The summed E-state index contributed by atoms with van der Waals surface area (Å²) in [7, 11) is 0. The van der Waals surface area contributed by atoms with Gasteiger partial charge in [0.15, 0.2) is 0 Å². The predicted octanol–water partition coefficient (Wildman–Crippen LogP) is 3.66. The van der Waals surface area contributed by atoms with E-state index in [4.69, 9.17) is 0 Å².